The molecule has 0 bridgehead atoms. The first-order valence-corrected chi connectivity index (χ1v) is 9.98. The quantitative estimate of drug-likeness (QED) is 0.605. The van der Waals surface area contributed by atoms with Crippen LogP contribution in [0.15, 0.2) is 36.4 Å². The zero-order valence-electron chi connectivity index (χ0n) is 16.4. The molecule has 0 fully saturated rings. The van der Waals surface area contributed by atoms with Gasteiger partial charge in [0.2, 0.25) is 17.6 Å². The Kier molecular flexibility index (Phi) is 5.53. The fraction of sp³-hybridized carbons (Fsp3) is 0.190. The summed E-state index contributed by atoms with van der Waals surface area (Å²) < 4.78 is 17.4. The number of hydrogen-bond acceptors (Lipinski definition) is 7. The van der Waals surface area contributed by atoms with Gasteiger partial charge in [0.15, 0.2) is 16.6 Å². The Bertz CT molecular complexity index is 1140. The topological polar surface area (TPSA) is 98.8 Å². The number of rotatable bonds is 5. The summed E-state index contributed by atoms with van der Waals surface area (Å²) in [5.41, 5.74) is 2.17. The minimum absolute atomic E-state index is 0.145. The number of amides is 2. The van der Waals surface area contributed by atoms with Gasteiger partial charge in [0.05, 0.1) is 17.3 Å². The average molecular weight is 425 g/mol. The third kappa shape index (κ3) is 4.36. The first-order chi connectivity index (χ1) is 14.5. The number of fused-ring (bicyclic) bond motifs is 2. The van der Waals surface area contributed by atoms with E-state index in [2.05, 4.69) is 15.6 Å². The van der Waals surface area contributed by atoms with Gasteiger partial charge in [0.1, 0.15) is 13.2 Å². The molecule has 2 heterocycles. The molecule has 0 saturated heterocycles. The largest absolute Gasteiger partial charge is 0.493 e. The molecule has 0 saturated carbocycles. The van der Waals surface area contributed by atoms with E-state index in [4.69, 9.17) is 14.2 Å². The standard InChI is InChI=1S/C21H19N3O5S/c1-12(25)22-14-4-5-15-18(11-14)30-21(23-15)24-19(26)6-3-13-9-16(27-2)20-17(10-13)28-7-8-29-20/h3-6,9-11H,7-8H2,1-2H3,(H,22,25)(H,23,24,26)/b6-3+. The molecular weight excluding hydrogens is 406 g/mol. The Balaban J connectivity index is 1.48. The van der Waals surface area contributed by atoms with Crippen LogP contribution in [-0.4, -0.2) is 37.1 Å². The molecule has 4 rings (SSSR count). The maximum absolute atomic E-state index is 12.3. The van der Waals surface area contributed by atoms with Crippen molar-refractivity contribution < 1.29 is 23.8 Å². The van der Waals surface area contributed by atoms with Gasteiger partial charge in [-0.3, -0.25) is 14.9 Å². The summed E-state index contributed by atoms with van der Waals surface area (Å²) in [7, 11) is 1.55. The monoisotopic (exact) mass is 425 g/mol. The van der Waals surface area contributed by atoms with Gasteiger partial charge < -0.3 is 19.5 Å². The average Bonchev–Trinajstić information content (AvgIpc) is 3.12. The fourth-order valence-electron chi connectivity index (χ4n) is 2.97. The molecule has 0 spiro atoms. The van der Waals surface area contributed by atoms with E-state index >= 15 is 0 Å². The predicted octanol–water partition coefficient (Wildman–Crippen LogP) is 3.69. The summed E-state index contributed by atoms with van der Waals surface area (Å²) in [6.07, 6.45) is 3.08. The molecule has 9 heteroatoms. The molecule has 154 valence electrons. The lowest BCUT2D eigenvalue weighted by Crippen LogP contribution is -2.16. The van der Waals surface area contributed by atoms with Crippen LogP contribution >= 0.6 is 11.3 Å². The molecule has 8 nitrogen and oxygen atoms in total. The maximum atomic E-state index is 12.3. The predicted molar refractivity (Wildman–Crippen MR) is 116 cm³/mol. The van der Waals surface area contributed by atoms with Crippen LogP contribution in [0.1, 0.15) is 12.5 Å². The van der Waals surface area contributed by atoms with Crippen LogP contribution in [0, 0.1) is 0 Å². The number of carbonyl (C=O) groups is 2. The van der Waals surface area contributed by atoms with Gasteiger partial charge in [-0.25, -0.2) is 4.98 Å². The highest BCUT2D eigenvalue weighted by Crippen LogP contribution is 2.40. The highest BCUT2D eigenvalue weighted by Gasteiger charge is 2.18. The first-order valence-electron chi connectivity index (χ1n) is 9.17. The van der Waals surface area contributed by atoms with Crippen LogP contribution in [-0.2, 0) is 9.59 Å². The SMILES string of the molecule is COc1cc(/C=C/C(=O)Nc2nc3ccc(NC(C)=O)cc3s2)cc2c1OCCO2. The van der Waals surface area contributed by atoms with E-state index in [9.17, 15) is 9.59 Å². The third-order valence-electron chi connectivity index (χ3n) is 4.22. The van der Waals surface area contributed by atoms with E-state index in [1.807, 2.05) is 6.07 Å². The highest BCUT2D eigenvalue weighted by molar-refractivity contribution is 7.22. The smallest absolute Gasteiger partial charge is 0.250 e. The van der Waals surface area contributed by atoms with E-state index in [-0.39, 0.29) is 11.8 Å². The van der Waals surface area contributed by atoms with Crippen LogP contribution in [0.2, 0.25) is 0 Å². The normalized spacial score (nSPS) is 12.7. The van der Waals surface area contributed by atoms with E-state index in [1.165, 1.54) is 24.3 Å². The van der Waals surface area contributed by atoms with E-state index < -0.39 is 0 Å². The number of nitrogens with zero attached hydrogens (tertiary/aromatic N) is 1. The van der Waals surface area contributed by atoms with Crippen LogP contribution in [0.4, 0.5) is 10.8 Å². The minimum atomic E-state index is -0.315. The second-order valence-corrected chi connectivity index (χ2v) is 7.48. The lowest BCUT2D eigenvalue weighted by Gasteiger charge is -2.20. The van der Waals surface area contributed by atoms with Crippen LogP contribution in [0.3, 0.4) is 0 Å². The summed E-state index contributed by atoms with van der Waals surface area (Å²) in [6, 6.07) is 8.95. The number of benzene rings is 2. The van der Waals surface area contributed by atoms with Crippen LogP contribution in [0.25, 0.3) is 16.3 Å². The van der Waals surface area contributed by atoms with Gasteiger partial charge in [-0.05, 0) is 42.0 Å². The molecule has 30 heavy (non-hydrogen) atoms. The molecule has 0 aliphatic carbocycles. The Morgan fingerprint density at radius 1 is 1.17 bits per heavy atom. The molecule has 1 aliphatic rings. The van der Waals surface area contributed by atoms with Crippen molar-refractivity contribution in [3.8, 4) is 17.2 Å². The molecule has 1 aliphatic heterocycles. The zero-order chi connectivity index (χ0) is 21.1. The molecule has 1 aromatic heterocycles. The minimum Gasteiger partial charge on any atom is -0.493 e. The van der Waals surface area contributed by atoms with Crippen molar-refractivity contribution in [2.75, 3.05) is 31.0 Å². The van der Waals surface area contributed by atoms with Crippen molar-refractivity contribution in [2.24, 2.45) is 0 Å². The Hall–Kier alpha value is -3.59. The van der Waals surface area contributed by atoms with Crippen LogP contribution in [0.5, 0.6) is 17.2 Å². The second-order valence-electron chi connectivity index (χ2n) is 6.45. The summed E-state index contributed by atoms with van der Waals surface area (Å²) >= 11 is 1.33. The molecule has 2 amide bonds. The summed E-state index contributed by atoms with van der Waals surface area (Å²) in [5, 5.41) is 5.96. The van der Waals surface area contributed by atoms with Gasteiger partial charge in [0.25, 0.3) is 0 Å². The summed E-state index contributed by atoms with van der Waals surface area (Å²) in [4.78, 5) is 27.9. The highest BCUT2D eigenvalue weighted by atomic mass is 32.1. The Morgan fingerprint density at radius 3 is 2.80 bits per heavy atom. The van der Waals surface area contributed by atoms with Crippen molar-refractivity contribution in [1.82, 2.24) is 4.98 Å². The van der Waals surface area contributed by atoms with Gasteiger partial charge >= 0.3 is 0 Å². The fourth-order valence-corrected chi connectivity index (χ4v) is 3.88. The number of methoxy groups -OCH3 is 1. The zero-order valence-corrected chi connectivity index (χ0v) is 17.2. The first kappa shape index (κ1) is 19.7. The summed E-state index contributed by atoms with van der Waals surface area (Å²) in [6.45, 7) is 2.38. The van der Waals surface area contributed by atoms with Crippen molar-refractivity contribution >= 4 is 50.3 Å². The van der Waals surface area contributed by atoms with Crippen molar-refractivity contribution in [3.05, 3.63) is 42.0 Å². The number of carbonyl (C=O) groups excluding carboxylic acids is 2. The molecule has 2 N–H and O–H groups in total. The lowest BCUT2D eigenvalue weighted by atomic mass is 10.1. The molecule has 0 radical (unpaired) electrons. The van der Waals surface area contributed by atoms with Gasteiger partial charge in [-0.1, -0.05) is 11.3 Å². The number of anilines is 2. The van der Waals surface area contributed by atoms with Crippen molar-refractivity contribution in [1.29, 1.82) is 0 Å². The second kappa shape index (κ2) is 8.42. The Morgan fingerprint density at radius 2 is 2.00 bits per heavy atom. The van der Waals surface area contributed by atoms with E-state index in [0.29, 0.717) is 41.3 Å². The molecule has 0 atom stereocenters. The van der Waals surface area contributed by atoms with Gasteiger partial charge in [0, 0.05) is 18.7 Å². The maximum Gasteiger partial charge on any atom is 0.250 e. The van der Waals surface area contributed by atoms with Crippen LogP contribution < -0.4 is 24.8 Å². The van der Waals surface area contributed by atoms with E-state index in [0.717, 1.165) is 15.8 Å². The van der Waals surface area contributed by atoms with E-state index in [1.54, 1.807) is 37.5 Å². The number of thiazole rings is 1. The molecular formula is C21H19N3O5S. The lowest BCUT2D eigenvalue weighted by molar-refractivity contribution is -0.114. The number of hydrogen-bond donors (Lipinski definition) is 2. The number of aromatic nitrogens is 1. The number of nitrogens with one attached hydrogen (secondary N) is 2. The molecule has 2 aromatic carbocycles. The van der Waals surface area contributed by atoms with Gasteiger partial charge in [-0.2, -0.15) is 0 Å². The van der Waals surface area contributed by atoms with Crippen molar-refractivity contribution in [2.45, 2.75) is 6.92 Å². The summed E-state index contributed by atoms with van der Waals surface area (Å²) in [5.74, 6) is 1.24. The molecule has 0 unspecified atom stereocenters. The molecule has 3 aromatic rings. The third-order valence-corrected chi connectivity index (χ3v) is 5.15. The van der Waals surface area contributed by atoms with Gasteiger partial charge in [-0.15, -0.1) is 0 Å². The van der Waals surface area contributed by atoms with Crippen molar-refractivity contribution in [3.63, 3.8) is 0 Å². The number of ether oxygens (including phenoxy) is 3. The Labute approximate surface area is 176 Å².